The molecule has 0 saturated carbocycles. The van der Waals surface area contributed by atoms with E-state index in [9.17, 15) is 9.59 Å². The molecule has 1 atom stereocenters. The molecule has 1 aromatic heterocycles. The summed E-state index contributed by atoms with van der Waals surface area (Å²) in [6.45, 7) is 5.25. The molecule has 1 unspecified atom stereocenters. The van der Waals surface area contributed by atoms with E-state index in [2.05, 4.69) is 4.57 Å². The Hall–Kier alpha value is -2.92. The van der Waals surface area contributed by atoms with Gasteiger partial charge in [-0.1, -0.05) is 42.5 Å². The van der Waals surface area contributed by atoms with E-state index in [1.54, 1.807) is 0 Å². The molecule has 1 aliphatic heterocycles. The number of carbonyl (C=O) groups is 2. The van der Waals surface area contributed by atoms with Crippen LogP contribution in [0.2, 0.25) is 0 Å². The number of esters is 1. The minimum Gasteiger partial charge on any atom is -0.457 e. The van der Waals surface area contributed by atoms with Crippen molar-refractivity contribution in [2.45, 2.75) is 45.8 Å². The fourth-order valence-electron chi connectivity index (χ4n) is 4.23. The summed E-state index contributed by atoms with van der Waals surface area (Å²) in [5.41, 5.74) is 3.44. The molecule has 0 radical (unpaired) electrons. The van der Waals surface area contributed by atoms with Crippen molar-refractivity contribution in [2.75, 3.05) is 13.2 Å². The number of ether oxygens (including phenoxy) is 2. The van der Waals surface area contributed by atoms with E-state index in [0.717, 1.165) is 53.7 Å². The molecule has 0 bridgehead atoms. The van der Waals surface area contributed by atoms with Crippen molar-refractivity contribution in [1.29, 1.82) is 0 Å². The highest BCUT2D eigenvalue weighted by Crippen LogP contribution is 2.22. The van der Waals surface area contributed by atoms with Crippen LogP contribution < -0.4 is 0 Å². The number of nitrogens with zero attached hydrogens (tertiary/aromatic N) is 1. The average Bonchev–Trinajstić information content (AvgIpc) is 3.36. The van der Waals surface area contributed by atoms with Gasteiger partial charge in [0.15, 0.2) is 6.61 Å². The zero-order valence-corrected chi connectivity index (χ0v) is 17.5. The lowest BCUT2D eigenvalue weighted by Crippen LogP contribution is -2.18. The quantitative estimate of drug-likeness (QED) is 0.432. The lowest BCUT2D eigenvalue weighted by Gasteiger charge is -2.14. The second-order valence-corrected chi connectivity index (χ2v) is 7.93. The van der Waals surface area contributed by atoms with Gasteiger partial charge >= 0.3 is 5.97 Å². The van der Waals surface area contributed by atoms with Crippen molar-refractivity contribution in [3.8, 4) is 0 Å². The van der Waals surface area contributed by atoms with E-state index < -0.39 is 5.97 Å². The Morgan fingerprint density at radius 1 is 1.13 bits per heavy atom. The Kier molecular flexibility index (Phi) is 6.00. The van der Waals surface area contributed by atoms with Crippen LogP contribution in [0.1, 0.15) is 40.2 Å². The number of fused-ring (bicyclic) bond motifs is 1. The number of benzene rings is 2. The molecule has 4 rings (SSSR count). The highest BCUT2D eigenvalue weighted by atomic mass is 16.5. The lowest BCUT2D eigenvalue weighted by molar-refractivity contribution is -0.141. The topological polar surface area (TPSA) is 57.5 Å². The minimum atomic E-state index is -0.395. The number of hydrogen-bond acceptors (Lipinski definition) is 4. The summed E-state index contributed by atoms with van der Waals surface area (Å²) in [7, 11) is 0. The molecule has 5 nitrogen and oxygen atoms in total. The fourth-order valence-corrected chi connectivity index (χ4v) is 4.23. The number of aromatic nitrogens is 1. The van der Waals surface area contributed by atoms with Crippen molar-refractivity contribution in [3.63, 3.8) is 0 Å². The smallest absolute Gasteiger partial charge is 0.310 e. The van der Waals surface area contributed by atoms with E-state index in [1.807, 2.05) is 62.4 Å². The Labute approximate surface area is 176 Å². The minimum absolute atomic E-state index is 0.146. The maximum Gasteiger partial charge on any atom is 0.310 e. The highest BCUT2D eigenvalue weighted by molar-refractivity contribution is 5.99. The van der Waals surface area contributed by atoms with E-state index in [-0.39, 0.29) is 24.9 Å². The molecule has 1 aliphatic rings. The van der Waals surface area contributed by atoms with Crippen molar-refractivity contribution >= 4 is 22.5 Å². The van der Waals surface area contributed by atoms with Crippen LogP contribution in [0.15, 0.2) is 48.5 Å². The Bertz CT molecular complexity index is 1070. The van der Waals surface area contributed by atoms with Crippen LogP contribution in [-0.4, -0.2) is 35.6 Å². The van der Waals surface area contributed by atoms with Gasteiger partial charge in [0, 0.05) is 30.1 Å². The van der Waals surface area contributed by atoms with Gasteiger partial charge in [-0.2, -0.15) is 0 Å². The highest BCUT2D eigenvalue weighted by Gasteiger charge is 2.21. The number of Topliss-reactive ketones (excluding diaryl/α,β-unsaturated/α-hetero) is 1. The molecular weight excluding hydrogens is 378 g/mol. The standard InChI is InChI=1S/C25H27NO4/c1-17-13-23(18(2)26(17)15-21-10-6-12-29-21)24(27)16-30-25(28)14-20-9-5-8-19-7-3-4-11-22(19)20/h3-5,7-9,11,13,21H,6,10,12,14-16H2,1-2H3. The normalized spacial score (nSPS) is 16.1. The van der Waals surface area contributed by atoms with Gasteiger partial charge in [0.25, 0.3) is 0 Å². The van der Waals surface area contributed by atoms with Crippen LogP contribution >= 0.6 is 0 Å². The molecule has 1 fully saturated rings. The largest absolute Gasteiger partial charge is 0.457 e. The SMILES string of the molecule is Cc1cc(C(=O)COC(=O)Cc2cccc3ccccc23)c(C)n1CC1CCCO1. The van der Waals surface area contributed by atoms with Crippen molar-refractivity contribution in [2.24, 2.45) is 0 Å². The fraction of sp³-hybridized carbons (Fsp3) is 0.360. The summed E-state index contributed by atoms with van der Waals surface area (Å²) in [4.78, 5) is 25.1. The van der Waals surface area contributed by atoms with Crippen molar-refractivity contribution in [3.05, 3.63) is 71.0 Å². The van der Waals surface area contributed by atoms with E-state index >= 15 is 0 Å². The van der Waals surface area contributed by atoms with Gasteiger partial charge in [-0.15, -0.1) is 0 Å². The molecular formula is C25H27NO4. The van der Waals surface area contributed by atoms with Gasteiger partial charge in [0.05, 0.1) is 12.5 Å². The number of carbonyl (C=O) groups excluding carboxylic acids is 2. The van der Waals surface area contributed by atoms with Gasteiger partial charge in [0.2, 0.25) is 5.78 Å². The molecule has 2 aromatic carbocycles. The number of ketones is 1. The molecule has 1 saturated heterocycles. The summed E-state index contributed by atoms with van der Waals surface area (Å²) in [5, 5.41) is 2.11. The molecule has 0 amide bonds. The van der Waals surface area contributed by atoms with Crippen LogP contribution in [0.5, 0.6) is 0 Å². The first-order valence-corrected chi connectivity index (χ1v) is 10.5. The van der Waals surface area contributed by atoms with Gasteiger partial charge in [0.1, 0.15) is 0 Å². The Morgan fingerprint density at radius 2 is 1.93 bits per heavy atom. The number of rotatable bonds is 7. The molecule has 0 N–H and O–H groups in total. The third-order valence-electron chi connectivity index (χ3n) is 5.86. The molecule has 0 spiro atoms. The van der Waals surface area contributed by atoms with E-state index in [0.29, 0.717) is 5.56 Å². The van der Waals surface area contributed by atoms with Gasteiger partial charge < -0.3 is 14.0 Å². The Balaban J connectivity index is 1.39. The van der Waals surface area contributed by atoms with Gasteiger partial charge in [-0.3, -0.25) is 9.59 Å². The maximum absolute atomic E-state index is 12.7. The van der Waals surface area contributed by atoms with Gasteiger partial charge in [-0.25, -0.2) is 0 Å². The zero-order valence-electron chi connectivity index (χ0n) is 17.5. The maximum atomic E-state index is 12.7. The first kappa shape index (κ1) is 20.4. The Morgan fingerprint density at radius 3 is 2.73 bits per heavy atom. The lowest BCUT2D eigenvalue weighted by atomic mass is 10.0. The van der Waals surface area contributed by atoms with Crippen LogP contribution in [0.3, 0.4) is 0 Å². The van der Waals surface area contributed by atoms with E-state index in [1.165, 1.54) is 0 Å². The predicted molar refractivity (Wildman–Crippen MR) is 116 cm³/mol. The van der Waals surface area contributed by atoms with Crippen LogP contribution in [0.4, 0.5) is 0 Å². The molecule has 0 aliphatic carbocycles. The van der Waals surface area contributed by atoms with E-state index in [4.69, 9.17) is 9.47 Å². The third kappa shape index (κ3) is 4.31. The first-order valence-electron chi connectivity index (χ1n) is 10.5. The molecule has 3 aromatic rings. The number of aryl methyl sites for hydroxylation is 1. The molecule has 2 heterocycles. The summed E-state index contributed by atoms with van der Waals surface area (Å²) < 4.78 is 13.2. The monoisotopic (exact) mass is 405 g/mol. The average molecular weight is 405 g/mol. The summed E-state index contributed by atoms with van der Waals surface area (Å²) in [6, 6.07) is 15.7. The molecule has 156 valence electrons. The second kappa shape index (κ2) is 8.84. The summed E-state index contributed by atoms with van der Waals surface area (Å²) >= 11 is 0. The number of hydrogen-bond donors (Lipinski definition) is 0. The third-order valence-corrected chi connectivity index (χ3v) is 5.86. The molecule has 5 heteroatoms. The second-order valence-electron chi connectivity index (χ2n) is 7.93. The van der Waals surface area contributed by atoms with Crippen LogP contribution in [0, 0.1) is 13.8 Å². The zero-order chi connectivity index (χ0) is 21.1. The predicted octanol–water partition coefficient (Wildman–Crippen LogP) is 4.41. The molecule has 30 heavy (non-hydrogen) atoms. The summed E-state index contributed by atoms with van der Waals surface area (Å²) in [5.74, 6) is -0.569. The van der Waals surface area contributed by atoms with Crippen LogP contribution in [0.25, 0.3) is 10.8 Å². The summed E-state index contributed by atoms with van der Waals surface area (Å²) in [6.07, 6.45) is 2.48. The van der Waals surface area contributed by atoms with Crippen molar-refractivity contribution in [1.82, 2.24) is 4.57 Å². The first-order chi connectivity index (χ1) is 14.5. The van der Waals surface area contributed by atoms with Gasteiger partial charge in [-0.05, 0) is 49.1 Å². The van der Waals surface area contributed by atoms with Crippen molar-refractivity contribution < 1.29 is 19.1 Å². The van der Waals surface area contributed by atoms with Crippen LogP contribution in [-0.2, 0) is 27.2 Å².